The second kappa shape index (κ2) is 7.32. The molecule has 0 saturated heterocycles. The summed E-state index contributed by atoms with van der Waals surface area (Å²) in [5.74, 6) is -0.218. The maximum Gasteiger partial charge on any atom is 0.330 e. The first-order valence-corrected chi connectivity index (χ1v) is 8.83. The summed E-state index contributed by atoms with van der Waals surface area (Å²) in [6.07, 6.45) is 8.09. The molecule has 1 saturated carbocycles. The van der Waals surface area contributed by atoms with Gasteiger partial charge in [0.15, 0.2) is 0 Å². The standard InChI is InChI=1S/C17H25NO2S/c1-17(16(19)20-2,18-14-7-5-4-6-8-14)13-9-11-15(21-3)12-10-13/h9-12,14,18H,4-8H2,1-3H3. The molecule has 0 amide bonds. The molecule has 0 radical (unpaired) electrons. The molecule has 0 aliphatic heterocycles. The Morgan fingerprint density at radius 1 is 1.24 bits per heavy atom. The molecule has 1 unspecified atom stereocenters. The number of thioether (sulfide) groups is 1. The molecule has 1 aromatic carbocycles. The van der Waals surface area contributed by atoms with Crippen LogP contribution in [-0.2, 0) is 15.1 Å². The third-order valence-corrected chi connectivity index (χ3v) is 5.10. The molecule has 1 aromatic rings. The highest BCUT2D eigenvalue weighted by Crippen LogP contribution is 2.28. The Morgan fingerprint density at radius 2 is 1.86 bits per heavy atom. The summed E-state index contributed by atoms with van der Waals surface area (Å²) in [7, 11) is 1.46. The number of hydrogen-bond donors (Lipinski definition) is 1. The van der Waals surface area contributed by atoms with Crippen LogP contribution in [0.3, 0.4) is 0 Å². The summed E-state index contributed by atoms with van der Waals surface area (Å²) in [4.78, 5) is 13.6. The van der Waals surface area contributed by atoms with Crippen molar-refractivity contribution >= 4 is 17.7 Å². The average molecular weight is 307 g/mol. The van der Waals surface area contributed by atoms with E-state index in [0.717, 1.165) is 18.4 Å². The van der Waals surface area contributed by atoms with E-state index < -0.39 is 5.54 Å². The zero-order valence-corrected chi connectivity index (χ0v) is 14.0. The van der Waals surface area contributed by atoms with Crippen LogP contribution < -0.4 is 5.32 Å². The number of ether oxygens (including phenoxy) is 1. The van der Waals surface area contributed by atoms with E-state index in [2.05, 4.69) is 23.7 Å². The van der Waals surface area contributed by atoms with Crippen LogP contribution in [-0.4, -0.2) is 25.4 Å². The summed E-state index contributed by atoms with van der Waals surface area (Å²) >= 11 is 1.70. The highest BCUT2D eigenvalue weighted by Gasteiger charge is 2.38. The lowest BCUT2D eigenvalue weighted by molar-refractivity contribution is -0.148. The Bertz CT molecular complexity index is 468. The molecule has 21 heavy (non-hydrogen) atoms. The first-order valence-electron chi connectivity index (χ1n) is 7.61. The lowest BCUT2D eigenvalue weighted by Gasteiger charge is -2.35. The fraction of sp³-hybridized carbons (Fsp3) is 0.588. The van der Waals surface area contributed by atoms with E-state index in [4.69, 9.17) is 4.74 Å². The van der Waals surface area contributed by atoms with Gasteiger partial charge in [0.1, 0.15) is 5.54 Å². The molecule has 0 spiro atoms. The van der Waals surface area contributed by atoms with Crippen LogP contribution in [0.4, 0.5) is 0 Å². The van der Waals surface area contributed by atoms with Gasteiger partial charge in [0.25, 0.3) is 0 Å². The van der Waals surface area contributed by atoms with Crippen molar-refractivity contribution in [2.45, 2.75) is 55.5 Å². The molecule has 1 aliphatic carbocycles. The Hall–Kier alpha value is -1.00. The van der Waals surface area contributed by atoms with Gasteiger partial charge in [-0.3, -0.25) is 5.32 Å². The third kappa shape index (κ3) is 3.80. The molecule has 0 aromatic heterocycles. The van der Waals surface area contributed by atoms with E-state index in [-0.39, 0.29) is 5.97 Å². The Kier molecular flexibility index (Phi) is 5.71. The smallest absolute Gasteiger partial charge is 0.330 e. The number of esters is 1. The highest BCUT2D eigenvalue weighted by molar-refractivity contribution is 7.98. The first kappa shape index (κ1) is 16.4. The van der Waals surface area contributed by atoms with Gasteiger partial charge in [0, 0.05) is 10.9 Å². The van der Waals surface area contributed by atoms with Crippen molar-refractivity contribution in [3.8, 4) is 0 Å². The lowest BCUT2D eigenvalue weighted by Crippen LogP contribution is -2.52. The van der Waals surface area contributed by atoms with Gasteiger partial charge in [-0.05, 0) is 43.7 Å². The monoisotopic (exact) mass is 307 g/mol. The second-order valence-electron chi connectivity index (χ2n) is 5.82. The van der Waals surface area contributed by atoms with Crippen LogP contribution in [0, 0.1) is 0 Å². The molecular formula is C17H25NO2S. The van der Waals surface area contributed by atoms with Crippen LogP contribution in [0.2, 0.25) is 0 Å². The topological polar surface area (TPSA) is 38.3 Å². The molecule has 2 rings (SSSR count). The van der Waals surface area contributed by atoms with Gasteiger partial charge in [0.05, 0.1) is 7.11 Å². The SMILES string of the molecule is COC(=O)C(C)(NC1CCCCC1)c1ccc(SC)cc1. The Balaban J connectivity index is 2.24. The Labute approximate surface area is 131 Å². The van der Waals surface area contributed by atoms with Gasteiger partial charge in [-0.25, -0.2) is 4.79 Å². The zero-order valence-electron chi connectivity index (χ0n) is 13.1. The minimum absolute atomic E-state index is 0.218. The van der Waals surface area contributed by atoms with E-state index in [1.807, 2.05) is 19.1 Å². The fourth-order valence-electron chi connectivity index (χ4n) is 3.04. The minimum Gasteiger partial charge on any atom is -0.467 e. The molecule has 1 fully saturated rings. The van der Waals surface area contributed by atoms with Gasteiger partial charge < -0.3 is 4.74 Å². The van der Waals surface area contributed by atoms with Crippen LogP contribution in [0.5, 0.6) is 0 Å². The molecular weight excluding hydrogens is 282 g/mol. The van der Waals surface area contributed by atoms with Crippen molar-refractivity contribution in [2.24, 2.45) is 0 Å². The van der Waals surface area contributed by atoms with Crippen molar-refractivity contribution in [3.05, 3.63) is 29.8 Å². The van der Waals surface area contributed by atoms with Crippen molar-refractivity contribution < 1.29 is 9.53 Å². The van der Waals surface area contributed by atoms with E-state index in [1.165, 1.54) is 31.3 Å². The largest absolute Gasteiger partial charge is 0.467 e. The number of rotatable bonds is 5. The van der Waals surface area contributed by atoms with Gasteiger partial charge in [-0.2, -0.15) is 0 Å². The molecule has 1 N–H and O–H groups in total. The van der Waals surface area contributed by atoms with Crippen LogP contribution in [0.15, 0.2) is 29.2 Å². The number of nitrogens with one attached hydrogen (secondary N) is 1. The van der Waals surface area contributed by atoms with E-state index in [1.54, 1.807) is 11.8 Å². The molecule has 0 heterocycles. The Morgan fingerprint density at radius 3 is 2.38 bits per heavy atom. The number of hydrogen-bond acceptors (Lipinski definition) is 4. The number of carbonyl (C=O) groups is 1. The molecule has 3 nitrogen and oxygen atoms in total. The lowest BCUT2D eigenvalue weighted by atomic mass is 9.87. The number of methoxy groups -OCH3 is 1. The fourth-order valence-corrected chi connectivity index (χ4v) is 3.45. The quantitative estimate of drug-likeness (QED) is 0.664. The van der Waals surface area contributed by atoms with E-state index in [0.29, 0.717) is 6.04 Å². The van der Waals surface area contributed by atoms with Crippen LogP contribution in [0.1, 0.15) is 44.6 Å². The normalized spacial score (nSPS) is 19.0. The van der Waals surface area contributed by atoms with E-state index >= 15 is 0 Å². The summed E-state index contributed by atoms with van der Waals surface area (Å²) in [5, 5.41) is 3.56. The molecule has 1 aliphatic rings. The van der Waals surface area contributed by atoms with Gasteiger partial charge in [0.2, 0.25) is 0 Å². The first-order chi connectivity index (χ1) is 10.1. The van der Waals surface area contributed by atoms with E-state index in [9.17, 15) is 4.79 Å². The zero-order chi connectivity index (χ0) is 15.3. The number of benzene rings is 1. The second-order valence-corrected chi connectivity index (χ2v) is 6.70. The summed E-state index contributed by atoms with van der Waals surface area (Å²) in [6, 6.07) is 8.56. The van der Waals surface area contributed by atoms with Gasteiger partial charge >= 0.3 is 5.97 Å². The van der Waals surface area contributed by atoms with Gasteiger partial charge in [-0.15, -0.1) is 11.8 Å². The molecule has 1 atom stereocenters. The maximum absolute atomic E-state index is 12.4. The summed E-state index contributed by atoms with van der Waals surface area (Å²) < 4.78 is 5.06. The van der Waals surface area contributed by atoms with Crippen LogP contribution >= 0.6 is 11.8 Å². The molecule has 0 bridgehead atoms. The van der Waals surface area contributed by atoms with Crippen LogP contribution in [0.25, 0.3) is 0 Å². The number of carbonyl (C=O) groups excluding carboxylic acids is 1. The predicted molar refractivity (Wildman–Crippen MR) is 87.6 cm³/mol. The maximum atomic E-state index is 12.4. The van der Waals surface area contributed by atoms with Crippen molar-refractivity contribution in [2.75, 3.05) is 13.4 Å². The molecule has 116 valence electrons. The average Bonchev–Trinajstić information content (AvgIpc) is 2.55. The van der Waals surface area contributed by atoms with Gasteiger partial charge in [-0.1, -0.05) is 31.4 Å². The predicted octanol–water partition coefficient (Wildman–Crippen LogP) is 3.72. The summed E-state index contributed by atoms with van der Waals surface area (Å²) in [6.45, 7) is 1.93. The third-order valence-electron chi connectivity index (χ3n) is 4.36. The summed E-state index contributed by atoms with van der Waals surface area (Å²) in [5.41, 5.74) is 0.200. The van der Waals surface area contributed by atoms with Crippen molar-refractivity contribution in [3.63, 3.8) is 0 Å². The highest BCUT2D eigenvalue weighted by atomic mass is 32.2. The minimum atomic E-state index is -0.770. The van der Waals surface area contributed by atoms with Crippen molar-refractivity contribution in [1.29, 1.82) is 0 Å². The molecule has 4 heteroatoms. The van der Waals surface area contributed by atoms with Crippen molar-refractivity contribution in [1.82, 2.24) is 5.32 Å².